The van der Waals surface area contributed by atoms with Gasteiger partial charge in [0.15, 0.2) is 0 Å². The summed E-state index contributed by atoms with van der Waals surface area (Å²) in [6.45, 7) is 8.73. The molecule has 1 unspecified atom stereocenters. The van der Waals surface area contributed by atoms with Crippen molar-refractivity contribution in [3.05, 3.63) is 0 Å². The highest BCUT2D eigenvalue weighted by Crippen LogP contribution is 2.29. The molecule has 1 amide bonds. The molecule has 0 fully saturated rings. The highest BCUT2D eigenvalue weighted by atomic mass is 32.2. The first-order valence-electron chi connectivity index (χ1n) is 5.99. The SMILES string of the molecule is CCC(CC)(CNC(=O)C(C)(N)CC)SC. The van der Waals surface area contributed by atoms with Gasteiger partial charge in [0.05, 0.1) is 5.54 Å². The number of carbonyl (C=O) groups excluding carboxylic acids is 1. The molecule has 96 valence electrons. The molecule has 3 nitrogen and oxygen atoms in total. The summed E-state index contributed by atoms with van der Waals surface area (Å²) in [5, 5.41) is 2.98. The average molecular weight is 246 g/mol. The highest BCUT2D eigenvalue weighted by Gasteiger charge is 2.30. The second kappa shape index (κ2) is 6.50. The summed E-state index contributed by atoms with van der Waals surface area (Å²) in [5.74, 6) is -0.0460. The Balaban J connectivity index is 4.38. The largest absolute Gasteiger partial charge is 0.353 e. The number of carbonyl (C=O) groups is 1. The van der Waals surface area contributed by atoms with Crippen molar-refractivity contribution in [2.45, 2.75) is 57.2 Å². The molecule has 1 atom stereocenters. The molecule has 0 aromatic heterocycles. The number of nitrogens with one attached hydrogen (secondary N) is 1. The van der Waals surface area contributed by atoms with Crippen LogP contribution < -0.4 is 11.1 Å². The first-order valence-corrected chi connectivity index (χ1v) is 7.22. The van der Waals surface area contributed by atoms with Crippen molar-refractivity contribution in [3.63, 3.8) is 0 Å². The van der Waals surface area contributed by atoms with Crippen LogP contribution in [0.3, 0.4) is 0 Å². The topological polar surface area (TPSA) is 55.1 Å². The molecule has 0 radical (unpaired) electrons. The number of hydrogen-bond acceptors (Lipinski definition) is 3. The monoisotopic (exact) mass is 246 g/mol. The van der Waals surface area contributed by atoms with Gasteiger partial charge in [-0.15, -0.1) is 0 Å². The van der Waals surface area contributed by atoms with Crippen molar-refractivity contribution < 1.29 is 4.79 Å². The van der Waals surface area contributed by atoms with Crippen LogP contribution in [0.5, 0.6) is 0 Å². The van der Waals surface area contributed by atoms with E-state index in [4.69, 9.17) is 5.73 Å². The summed E-state index contributed by atoms with van der Waals surface area (Å²) in [5.41, 5.74) is 5.15. The lowest BCUT2D eigenvalue weighted by Gasteiger charge is -2.31. The zero-order chi connectivity index (χ0) is 12.8. The van der Waals surface area contributed by atoms with Gasteiger partial charge in [0.1, 0.15) is 0 Å². The van der Waals surface area contributed by atoms with Crippen molar-refractivity contribution in [3.8, 4) is 0 Å². The van der Waals surface area contributed by atoms with Crippen LogP contribution in [0.1, 0.15) is 47.0 Å². The van der Waals surface area contributed by atoms with Gasteiger partial charge < -0.3 is 11.1 Å². The Morgan fingerprint density at radius 2 is 1.75 bits per heavy atom. The first-order chi connectivity index (χ1) is 7.37. The van der Waals surface area contributed by atoms with Crippen LogP contribution in [0.2, 0.25) is 0 Å². The van der Waals surface area contributed by atoms with Gasteiger partial charge in [-0.25, -0.2) is 0 Å². The van der Waals surface area contributed by atoms with E-state index in [1.54, 1.807) is 6.92 Å². The molecule has 0 bridgehead atoms. The van der Waals surface area contributed by atoms with Crippen LogP contribution in [0, 0.1) is 0 Å². The molecule has 0 saturated heterocycles. The van der Waals surface area contributed by atoms with E-state index in [1.807, 2.05) is 18.7 Å². The standard InChI is InChI=1S/C12H26N2OS/c1-6-11(4,13)10(15)14-9-12(7-2,8-3)16-5/h6-9,13H2,1-5H3,(H,14,15). The zero-order valence-corrected chi connectivity index (χ0v) is 12.0. The Labute approximate surface area is 104 Å². The molecule has 0 aromatic carbocycles. The lowest BCUT2D eigenvalue weighted by molar-refractivity contribution is -0.126. The van der Waals surface area contributed by atoms with E-state index < -0.39 is 5.54 Å². The maximum Gasteiger partial charge on any atom is 0.239 e. The van der Waals surface area contributed by atoms with E-state index in [-0.39, 0.29) is 10.7 Å². The van der Waals surface area contributed by atoms with E-state index in [9.17, 15) is 4.79 Å². The van der Waals surface area contributed by atoms with Crippen LogP contribution in [-0.4, -0.2) is 29.0 Å². The second-order valence-corrected chi connectivity index (χ2v) is 5.82. The molecule has 0 aliphatic heterocycles. The minimum Gasteiger partial charge on any atom is -0.353 e. The van der Waals surface area contributed by atoms with Gasteiger partial charge in [-0.2, -0.15) is 11.8 Å². The number of rotatable bonds is 7. The fraction of sp³-hybridized carbons (Fsp3) is 0.917. The van der Waals surface area contributed by atoms with Crippen LogP contribution in [0.4, 0.5) is 0 Å². The Bertz CT molecular complexity index is 217. The summed E-state index contributed by atoms with van der Waals surface area (Å²) >= 11 is 1.82. The van der Waals surface area contributed by atoms with Crippen molar-refractivity contribution in [1.82, 2.24) is 5.32 Å². The van der Waals surface area contributed by atoms with Crippen LogP contribution in [0.25, 0.3) is 0 Å². The van der Waals surface area contributed by atoms with E-state index in [1.165, 1.54) is 0 Å². The third-order valence-electron chi connectivity index (χ3n) is 3.55. The Morgan fingerprint density at radius 1 is 1.25 bits per heavy atom. The molecule has 0 rings (SSSR count). The molecule has 16 heavy (non-hydrogen) atoms. The van der Waals surface area contributed by atoms with Gasteiger partial charge in [-0.1, -0.05) is 20.8 Å². The van der Waals surface area contributed by atoms with Gasteiger partial charge >= 0.3 is 0 Å². The summed E-state index contributed by atoms with van der Waals surface area (Å²) in [6.07, 6.45) is 4.86. The number of nitrogens with two attached hydrogens (primary N) is 1. The van der Waals surface area contributed by atoms with Crippen LogP contribution in [-0.2, 0) is 4.79 Å². The molecule has 3 N–H and O–H groups in total. The quantitative estimate of drug-likeness (QED) is 0.724. The summed E-state index contributed by atoms with van der Waals surface area (Å²) in [6, 6.07) is 0. The van der Waals surface area contributed by atoms with E-state index in [0.717, 1.165) is 12.8 Å². The molecule has 0 spiro atoms. The van der Waals surface area contributed by atoms with Crippen LogP contribution in [0.15, 0.2) is 0 Å². The number of amides is 1. The fourth-order valence-electron chi connectivity index (χ4n) is 1.46. The van der Waals surface area contributed by atoms with Crippen molar-refractivity contribution in [2.75, 3.05) is 12.8 Å². The lowest BCUT2D eigenvalue weighted by Crippen LogP contribution is -2.53. The molecule has 0 aromatic rings. The molecule has 0 aliphatic rings. The molecule has 0 saturated carbocycles. The van der Waals surface area contributed by atoms with Gasteiger partial charge in [0.2, 0.25) is 5.91 Å². The van der Waals surface area contributed by atoms with E-state index in [2.05, 4.69) is 25.4 Å². The van der Waals surface area contributed by atoms with Crippen molar-refractivity contribution >= 4 is 17.7 Å². The molecule has 4 heteroatoms. The Hall–Kier alpha value is -0.220. The zero-order valence-electron chi connectivity index (χ0n) is 11.2. The van der Waals surface area contributed by atoms with Crippen molar-refractivity contribution in [2.24, 2.45) is 5.73 Å². The van der Waals surface area contributed by atoms with E-state index in [0.29, 0.717) is 13.0 Å². The smallest absolute Gasteiger partial charge is 0.239 e. The molecular formula is C12H26N2OS. The van der Waals surface area contributed by atoms with Gasteiger partial charge in [-0.05, 0) is 32.4 Å². The fourth-order valence-corrected chi connectivity index (χ4v) is 2.26. The maximum atomic E-state index is 11.8. The first kappa shape index (κ1) is 15.8. The van der Waals surface area contributed by atoms with Crippen LogP contribution >= 0.6 is 11.8 Å². The lowest BCUT2D eigenvalue weighted by atomic mass is 9.97. The normalized spacial score (nSPS) is 15.6. The van der Waals surface area contributed by atoms with Crippen molar-refractivity contribution in [1.29, 1.82) is 0 Å². The summed E-state index contributed by atoms with van der Waals surface area (Å²) < 4.78 is 0.152. The minimum atomic E-state index is -0.744. The third-order valence-corrected chi connectivity index (χ3v) is 5.13. The summed E-state index contributed by atoms with van der Waals surface area (Å²) in [7, 11) is 0. The average Bonchev–Trinajstić information content (AvgIpc) is 2.31. The van der Waals surface area contributed by atoms with Gasteiger partial charge in [0, 0.05) is 11.3 Å². The number of thioether (sulfide) groups is 1. The maximum absolute atomic E-state index is 11.8. The molecular weight excluding hydrogens is 220 g/mol. The second-order valence-electron chi connectivity index (χ2n) is 4.55. The van der Waals surface area contributed by atoms with Gasteiger partial charge in [-0.3, -0.25) is 4.79 Å². The molecule has 0 aliphatic carbocycles. The Kier molecular flexibility index (Phi) is 6.41. The third kappa shape index (κ3) is 3.98. The summed E-state index contributed by atoms with van der Waals surface area (Å²) in [4.78, 5) is 11.8. The number of hydrogen-bond donors (Lipinski definition) is 2. The predicted octanol–water partition coefficient (Wildman–Crippen LogP) is 2.15. The van der Waals surface area contributed by atoms with E-state index >= 15 is 0 Å². The molecule has 0 heterocycles. The van der Waals surface area contributed by atoms with Gasteiger partial charge in [0.25, 0.3) is 0 Å². The minimum absolute atomic E-state index is 0.0460. The predicted molar refractivity (Wildman–Crippen MR) is 72.7 cm³/mol. The Morgan fingerprint density at radius 3 is 2.06 bits per heavy atom. The highest BCUT2D eigenvalue weighted by molar-refractivity contribution is 8.00.